The van der Waals surface area contributed by atoms with E-state index in [0.717, 1.165) is 13.1 Å². The number of likely N-dealkylation sites (tertiary alicyclic amines) is 1. The van der Waals surface area contributed by atoms with Gasteiger partial charge in [0.1, 0.15) is 0 Å². The Labute approximate surface area is 146 Å². The number of amides is 1. The number of alkyl halides is 2. The molecule has 1 saturated carbocycles. The van der Waals surface area contributed by atoms with Gasteiger partial charge in [-0.15, -0.1) is 0 Å². The van der Waals surface area contributed by atoms with Gasteiger partial charge < -0.3 is 15.3 Å². The van der Waals surface area contributed by atoms with Crippen LogP contribution >= 0.6 is 0 Å². The first-order valence-corrected chi connectivity index (χ1v) is 9.06. The number of fused-ring (bicyclic) bond motifs is 1. The van der Waals surface area contributed by atoms with Gasteiger partial charge in [-0.2, -0.15) is 0 Å². The fourth-order valence-corrected chi connectivity index (χ4v) is 4.79. The molecule has 136 valence electrons. The first-order valence-electron chi connectivity index (χ1n) is 9.06. The largest absolute Gasteiger partial charge is 0.375 e. The van der Waals surface area contributed by atoms with Crippen LogP contribution in [0.15, 0.2) is 30.3 Å². The number of aliphatic hydroxyl groups is 1. The Hall–Kier alpha value is -1.53. The van der Waals surface area contributed by atoms with Gasteiger partial charge in [-0.3, -0.25) is 4.79 Å². The van der Waals surface area contributed by atoms with Crippen LogP contribution in [0.4, 0.5) is 8.78 Å². The quantitative estimate of drug-likeness (QED) is 0.877. The van der Waals surface area contributed by atoms with Crippen LogP contribution in [0.5, 0.6) is 0 Å². The molecule has 1 aromatic carbocycles. The summed E-state index contributed by atoms with van der Waals surface area (Å²) in [4.78, 5) is 15.0. The van der Waals surface area contributed by atoms with E-state index in [4.69, 9.17) is 0 Å². The minimum absolute atomic E-state index is 0.159. The predicted molar refractivity (Wildman–Crippen MR) is 89.1 cm³/mol. The summed E-state index contributed by atoms with van der Waals surface area (Å²) in [7, 11) is 0. The topological polar surface area (TPSA) is 52.6 Å². The Morgan fingerprint density at radius 1 is 1.20 bits per heavy atom. The highest BCUT2D eigenvalue weighted by Gasteiger charge is 2.55. The molecular formula is C19H24F2N2O2. The Bertz CT molecular complexity index is 642. The minimum atomic E-state index is -2.81. The van der Waals surface area contributed by atoms with Crippen molar-refractivity contribution in [2.24, 2.45) is 17.8 Å². The van der Waals surface area contributed by atoms with Gasteiger partial charge in [0.05, 0.1) is 0 Å². The summed E-state index contributed by atoms with van der Waals surface area (Å²) in [6.45, 7) is 2.93. The zero-order chi connectivity index (χ0) is 17.7. The Morgan fingerprint density at radius 3 is 2.40 bits per heavy atom. The van der Waals surface area contributed by atoms with Gasteiger partial charge in [-0.1, -0.05) is 30.3 Å². The van der Waals surface area contributed by atoms with E-state index in [-0.39, 0.29) is 12.8 Å². The van der Waals surface area contributed by atoms with Gasteiger partial charge in [0, 0.05) is 44.9 Å². The molecule has 0 aromatic heterocycles. The van der Waals surface area contributed by atoms with E-state index >= 15 is 0 Å². The van der Waals surface area contributed by atoms with Crippen molar-refractivity contribution in [1.82, 2.24) is 10.2 Å². The SMILES string of the molecule is O=C(N1CC2CNCC2C1)C(O)(c1ccccc1)C1CCC(F)(F)C1. The van der Waals surface area contributed by atoms with E-state index in [9.17, 15) is 18.7 Å². The van der Waals surface area contributed by atoms with Gasteiger partial charge >= 0.3 is 0 Å². The Kier molecular flexibility index (Phi) is 4.07. The number of carbonyl (C=O) groups excluding carboxylic acids is 1. The number of nitrogens with one attached hydrogen (secondary N) is 1. The minimum Gasteiger partial charge on any atom is -0.375 e. The van der Waals surface area contributed by atoms with Gasteiger partial charge in [0.15, 0.2) is 5.60 Å². The highest BCUT2D eigenvalue weighted by molar-refractivity contribution is 5.87. The molecule has 2 N–H and O–H groups in total. The predicted octanol–water partition coefficient (Wildman–Crippen LogP) is 1.99. The van der Waals surface area contributed by atoms with Crippen LogP contribution in [0.1, 0.15) is 24.8 Å². The summed E-state index contributed by atoms with van der Waals surface area (Å²) >= 11 is 0. The average molecular weight is 350 g/mol. The average Bonchev–Trinajstić information content (AvgIpc) is 3.28. The lowest BCUT2D eigenvalue weighted by Gasteiger charge is -2.36. The van der Waals surface area contributed by atoms with Gasteiger partial charge in [0.25, 0.3) is 5.91 Å². The van der Waals surface area contributed by atoms with E-state index in [2.05, 4.69) is 5.32 Å². The van der Waals surface area contributed by atoms with Crippen LogP contribution in [0.3, 0.4) is 0 Å². The van der Waals surface area contributed by atoms with Crippen molar-refractivity contribution in [2.75, 3.05) is 26.2 Å². The van der Waals surface area contributed by atoms with Gasteiger partial charge in [-0.25, -0.2) is 8.78 Å². The Balaban J connectivity index is 1.65. The monoisotopic (exact) mass is 350 g/mol. The number of hydrogen-bond acceptors (Lipinski definition) is 3. The lowest BCUT2D eigenvalue weighted by atomic mass is 9.79. The number of carbonyl (C=O) groups is 1. The van der Waals surface area contributed by atoms with Crippen molar-refractivity contribution in [3.8, 4) is 0 Å². The van der Waals surface area contributed by atoms with E-state index in [1.807, 2.05) is 0 Å². The van der Waals surface area contributed by atoms with Crippen LogP contribution in [0.25, 0.3) is 0 Å². The van der Waals surface area contributed by atoms with Crippen molar-refractivity contribution in [3.05, 3.63) is 35.9 Å². The summed E-state index contributed by atoms with van der Waals surface area (Å²) in [5.41, 5.74) is -1.44. The molecule has 25 heavy (non-hydrogen) atoms. The standard InChI is InChI=1S/C19H24F2N2O2/c20-18(21)7-6-16(8-18)19(25,15-4-2-1-3-5-15)17(24)23-11-13-9-22-10-14(13)12-23/h1-5,13-14,16,22,25H,6-12H2. The molecule has 0 bridgehead atoms. The summed E-state index contributed by atoms with van der Waals surface area (Å²) in [5.74, 6) is -3.17. The smallest absolute Gasteiger partial charge is 0.259 e. The second kappa shape index (κ2) is 6.02. The lowest BCUT2D eigenvalue weighted by Crippen LogP contribution is -2.51. The molecule has 1 amide bonds. The maximum absolute atomic E-state index is 13.8. The van der Waals surface area contributed by atoms with E-state index in [1.54, 1.807) is 35.2 Å². The summed E-state index contributed by atoms with van der Waals surface area (Å²) in [6, 6.07) is 8.62. The van der Waals surface area contributed by atoms with Crippen molar-refractivity contribution in [1.29, 1.82) is 0 Å². The number of hydrogen-bond donors (Lipinski definition) is 2. The molecular weight excluding hydrogens is 326 g/mol. The molecule has 4 unspecified atom stereocenters. The summed E-state index contributed by atoms with van der Waals surface area (Å²) < 4.78 is 27.6. The number of halogens is 2. The molecule has 3 aliphatic rings. The van der Waals surface area contributed by atoms with E-state index in [0.29, 0.717) is 30.5 Å². The third-order valence-electron chi connectivity index (χ3n) is 6.21. The molecule has 4 atom stereocenters. The van der Waals surface area contributed by atoms with Crippen molar-refractivity contribution in [2.45, 2.75) is 30.8 Å². The first-order chi connectivity index (χ1) is 11.9. The fraction of sp³-hybridized carbons (Fsp3) is 0.632. The molecule has 2 heterocycles. The summed E-state index contributed by atoms with van der Waals surface area (Å²) in [5, 5.41) is 14.8. The number of nitrogens with zero attached hydrogens (tertiary/aromatic N) is 1. The third kappa shape index (κ3) is 2.85. The molecule has 6 heteroatoms. The van der Waals surface area contributed by atoms with Crippen LogP contribution < -0.4 is 5.32 Å². The zero-order valence-corrected chi connectivity index (χ0v) is 14.1. The molecule has 0 radical (unpaired) electrons. The number of rotatable bonds is 3. The van der Waals surface area contributed by atoms with Gasteiger partial charge in [-0.05, 0) is 23.8 Å². The highest BCUT2D eigenvalue weighted by atomic mass is 19.3. The maximum Gasteiger partial charge on any atom is 0.259 e. The fourth-order valence-electron chi connectivity index (χ4n) is 4.79. The van der Waals surface area contributed by atoms with Crippen molar-refractivity contribution < 1.29 is 18.7 Å². The lowest BCUT2D eigenvalue weighted by molar-refractivity contribution is -0.159. The summed E-state index contributed by atoms with van der Waals surface area (Å²) in [6.07, 6.45) is -0.548. The second-order valence-corrected chi connectivity index (χ2v) is 7.82. The Morgan fingerprint density at radius 2 is 1.84 bits per heavy atom. The normalized spacial score (nSPS) is 33.2. The molecule has 2 aliphatic heterocycles. The molecule has 1 aliphatic carbocycles. The second-order valence-electron chi connectivity index (χ2n) is 7.82. The highest BCUT2D eigenvalue weighted by Crippen LogP contribution is 2.48. The van der Waals surface area contributed by atoms with E-state index in [1.165, 1.54) is 0 Å². The van der Waals surface area contributed by atoms with E-state index < -0.39 is 29.8 Å². The van der Waals surface area contributed by atoms with Crippen LogP contribution in [-0.2, 0) is 10.4 Å². The van der Waals surface area contributed by atoms with Gasteiger partial charge in [0.2, 0.25) is 5.92 Å². The van der Waals surface area contributed by atoms with Crippen LogP contribution in [-0.4, -0.2) is 48.0 Å². The van der Waals surface area contributed by atoms with Crippen LogP contribution in [0, 0.1) is 17.8 Å². The van der Waals surface area contributed by atoms with Crippen molar-refractivity contribution >= 4 is 5.91 Å². The molecule has 2 saturated heterocycles. The molecule has 1 aromatic rings. The molecule has 3 fully saturated rings. The molecule has 0 spiro atoms. The van der Waals surface area contributed by atoms with Crippen molar-refractivity contribution in [3.63, 3.8) is 0 Å². The third-order valence-corrected chi connectivity index (χ3v) is 6.21. The molecule has 4 rings (SSSR count). The zero-order valence-electron chi connectivity index (χ0n) is 14.1. The first kappa shape index (κ1) is 16.9. The number of benzene rings is 1. The molecule has 4 nitrogen and oxygen atoms in total. The van der Waals surface area contributed by atoms with Crippen LogP contribution in [0.2, 0.25) is 0 Å². The maximum atomic E-state index is 13.8.